The Morgan fingerprint density at radius 2 is 2.16 bits per heavy atom. The number of ether oxygens (including phenoxy) is 3. The quantitative estimate of drug-likeness (QED) is 0.922. The number of fused-ring (bicyclic) bond motifs is 2. The van der Waals surface area contributed by atoms with Crippen molar-refractivity contribution in [1.82, 2.24) is 15.1 Å². The molecule has 1 N–H and O–H groups in total. The van der Waals surface area contributed by atoms with E-state index in [0.717, 1.165) is 22.8 Å². The van der Waals surface area contributed by atoms with E-state index in [4.69, 9.17) is 14.2 Å². The van der Waals surface area contributed by atoms with Crippen molar-refractivity contribution in [3.8, 4) is 11.5 Å². The Morgan fingerprint density at radius 3 is 3.00 bits per heavy atom. The van der Waals surface area contributed by atoms with Gasteiger partial charge >= 0.3 is 0 Å². The molecule has 0 aliphatic carbocycles. The van der Waals surface area contributed by atoms with Gasteiger partial charge in [0.2, 0.25) is 6.79 Å². The van der Waals surface area contributed by atoms with Crippen LogP contribution in [0.4, 0.5) is 0 Å². The van der Waals surface area contributed by atoms with Crippen LogP contribution in [0.3, 0.4) is 0 Å². The van der Waals surface area contributed by atoms with Crippen molar-refractivity contribution in [2.24, 2.45) is 5.92 Å². The minimum atomic E-state index is -0.143. The van der Waals surface area contributed by atoms with Crippen LogP contribution in [-0.4, -0.2) is 29.0 Å². The number of rotatable bonds is 4. The molecule has 2 aliphatic heterocycles. The molecule has 1 atom stereocenters. The van der Waals surface area contributed by atoms with Crippen molar-refractivity contribution < 1.29 is 19.0 Å². The predicted molar refractivity (Wildman–Crippen MR) is 89.5 cm³/mol. The van der Waals surface area contributed by atoms with Gasteiger partial charge in [0.1, 0.15) is 6.10 Å². The second-order valence-electron chi connectivity index (χ2n) is 6.72. The highest BCUT2D eigenvalue weighted by Crippen LogP contribution is 2.36. The van der Waals surface area contributed by atoms with Gasteiger partial charge in [-0.05, 0) is 29.7 Å². The molecule has 2 aliphatic rings. The number of amides is 1. The summed E-state index contributed by atoms with van der Waals surface area (Å²) >= 11 is 0. The minimum absolute atomic E-state index is 0.131. The Balaban J connectivity index is 1.49. The van der Waals surface area contributed by atoms with Crippen molar-refractivity contribution >= 4 is 5.91 Å². The summed E-state index contributed by atoms with van der Waals surface area (Å²) in [7, 11) is 0. The normalized spacial score (nSPS) is 18.3. The lowest BCUT2D eigenvalue weighted by atomic mass is 10.1. The van der Waals surface area contributed by atoms with E-state index in [1.807, 2.05) is 22.9 Å². The van der Waals surface area contributed by atoms with Crippen molar-refractivity contribution in [2.45, 2.75) is 33.1 Å². The number of hydrogen-bond acceptors (Lipinski definition) is 5. The average molecular weight is 343 g/mol. The molecule has 0 saturated carbocycles. The van der Waals surface area contributed by atoms with Crippen molar-refractivity contribution in [3.63, 3.8) is 0 Å². The van der Waals surface area contributed by atoms with Gasteiger partial charge in [-0.15, -0.1) is 0 Å². The summed E-state index contributed by atoms with van der Waals surface area (Å²) in [6, 6.07) is 7.61. The average Bonchev–Trinajstić information content (AvgIpc) is 3.24. The molecule has 0 bridgehead atoms. The summed E-state index contributed by atoms with van der Waals surface area (Å²) in [5, 5.41) is 7.34. The highest BCUT2D eigenvalue weighted by Gasteiger charge is 2.25. The summed E-state index contributed by atoms with van der Waals surface area (Å²) in [4.78, 5) is 12.2. The van der Waals surface area contributed by atoms with Gasteiger partial charge in [-0.25, -0.2) is 0 Å². The van der Waals surface area contributed by atoms with E-state index in [-0.39, 0.29) is 18.8 Å². The second kappa shape index (κ2) is 6.40. The number of nitrogens with one attached hydrogen (secondary N) is 1. The fourth-order valence-electron chi connectivity index (χ4n) is 2.94. The molecule has 0 radical (unpaired) electrons. The molecular formula is C18H21N3O4. The number of aromatic nitrogens is 2. The molecule has 7 heteroatoms. The van der Waals surface area contributed by atoms with Gasteiger partial charge < -0.3 is 19.5 Å². The molecule has 1 aromatic carbocycles. The Hall–Kier alpha value is -2.54. The molecule has 0 fully saturated rings. The number of hydrogen-bond donors (Lipinski definition) is 1. The zero-order valence-corrected chi connectivity index (χ0v) is 14.3. The Bertz CT molecular complexity index is 800. The van der Waals surface area contributed by atoms with Gasteiger partial charge in [-0.3, -0.25) is 9.48 Å². The fraction of sp³-hybridized carbons (Fsp3) is 0.444. The summed E-state index contributed by atoms with van der Waals surface area (Å²) < 4.78 is 18.6. The monoisotopic (exact) mass is 343 g/mol. The van der Waals surface area contributed by atoms with Gasteiger partial charge in [0.05, 0.1) is 18.8 Å². The van der Waals surface area contributed by atoms with E-state index in [9.17, 15) is 4.79 Å². The van der Waals surface area contributed by atoms with Crippen LogP contribution in [0, 0.1) is 5.92 Å². The Kier molecular flexibility index (Phi) is 4.09. The molecule has 2 aromatic rings. The molecule has 7 nitrogen and oxygen atoms in total. The first kappa shape index (κ1) is 16.0. The summed E-state index contributed by atoms with van der Waals surface area (Å²) in [5.41, 5.74) is 2.36. The lowest BCUT2D eigenvalue weighted by Gasteiger charge is -2.24. The van der Waals surface area contributed by atoms with Gasteiger partial charge in [0.25, 0.3) is 5.91 Å². The van der Waals surface area contributed by atoms with E-state index in [0.29, 0.717) is 31.3 Å². The van der Waals surface area contributed by atoms with Crippen molar-refractivity contribution in [3.05, 3.63) is 41.2 Å². The molecule has 3 heterocycles. The lowest BCUT2D eigenvalue weighted by molar-refractivity contribution is -0.00128. The standard InChI is InChI=1S/C18H21N3O4/c1-11(2)7-19-18(22)14-6-13-9-23-17(8-21(13)20-14)12-3-4-15-16(5-12)25-10-24-15/h3-6,11,17H,7-10H2,1-2H3,(H,19,22). The van der Waals surface area contributed by atoms with Crippen LogP contribution in [-0.2, 0) is 17.9 Å². The van der Waals surface area contributed by atoms with Crippen LogP contribution in [0.15, 0.2) is 24.3 Å². The number of carbonyl (C=O) groups excluding carboxylic acids is 1. The number of nitrogens with zero attached hydrogens (tertiary/aromatic N) is 2. The molecule has 0 spiro atoms. The van der Waals surface area contributed by atoms with E-state index < -0.39 is 0 Å². The van der Waals surface area contributed by atoms with Crippen LogP contribution in [0.2, 0.25) is 0 Å². The molecule has 4 rings (SSSR count). The Morgan fingerprint density at radius 1 is 1.32 bits per heavy atom. The molecule has 1 amide bonds. The van der Waals surface area contributed by atoms with Crippen LogP contribution < -0.4 is 14.8 Å². The SMILES string of the molecule is CC(C)CNC(=O)c1cc2n(n1)CC(c1ccc3c(c1)OCO3)OC2. The van der Waals surface area contributed by atoms with E-state index in [2.05, 4.69) is 24.3 Å². The van der Waals surface area contributed by atoms with Crippen LogP contribution in [0.5, 0.6) is 11.5 Å². The first-order valence-corrected chi connectivity index (χ1v) is 8.46. The van der Waals surface area contributed by atoms with Gasteiger partial charge in [-0.1, -0.05) is 19.9 Å². The molecule has 25 heavy (non-hydrogen) atoms. The third-order valence-electron chi connectivity index (χ3n) is 4.31. The van der Waals surface area contributed by atoms with Crippen molar-refractivity contribution in [2.75, 3.05) is 13.3 Å². The van der Waals surface area contributed by atoms with E-state index in [1.54, 1.807) is 6.07 Å². The maximum absolute atomic E-state index is 12.2. The van der Waals surface area contributed by atoms with Gasteiger partial charge in [0.15, 0.2) is 17.2 Å². The number of benzene rings is 1. The fourth-order valence-corrected chi connectivity index (χ4v) is 2.94. The van der Waals surface area contributed by atoms with E-state index >= 15 is 0 Å². The molecular weight excluding hydrogens is 322 g/mol. The maximum atomic E-state index is 12.2. The second-order valence-corrected chi connectivity index (χ2v) is 6.72. The minimum Gasteiger partial charge on any atom is -0.454 e. The number of carbonyl (C=O) groups is 1. The molecule has 1 aromatic heterocycles. The van der Waals surface area contributed by atoms with Crippen LogP contribution in [0.25, 0.3) is 0 Å². The summed E-state index contributed by atoms with van der Waals surface area (Å²) in [6.45, 7) is 5.99. The molecule has 0 saturated heterocycles. The van der Waals surface area contributed by atoms with Crippen molar-refractivity contribution in [1.29, 1.82) is 0 Å². The third-order valence-corrected chi connectivity index (χ3v) is 4.31. The first-order chi connectivity index (χ1) is 12.1. The largest absolute Gasteiger partial charge is 0.454 e. The predicted octanol–water partition coefficient (Wildman–Crippen LogP) is 2.27. The smallest absolute Gasteiger partial charge is 0.271 e. The van der Waals surface area contributed by atoms with Crippen LogP contribution >= 0.6 is 0 Å². The van der Waals surface area contributed by atoms with Gasteiger partial charge in [-0.2, -0.15) is 5.10 Å². The zero-order chi connectivity index (χ0) is 17.4. The maximum Gasteiger partial charge on any atom is 0.271 e. The van der Waals surface area contributed by atoms with Crippen LogP contribution in [0.1, 0.15) is 41.7 Å². The zero-order valence-electron chi connectivity index (χ0n) is 14.3. The Labute approximate surface area is 145 Å². The highest BCUT2D eigenvalue weighted by molar-refractivity contribution is 5.92. The molecule has 132 valence electrons. The van der Waals surface area contributed by atoms with E-state index in [1.165, 1.54) is 0 Å². The molecule has 1 unspecified atom stereocenters. The topological polar surface area (TPSA) is 74.6 Å². The highest BCUT2D eigenvalue weighted by atomic mass is 16.7. The van der Waals surface area contributed by atoms with Gasteiger partial charge in [0, 0.05) is 6.54 Å². The summed E-state index contributed by atoms with van der Waals surface area (Å²) in [5.74, 6) is 1.75. The lowest BCUT2D eigenvalue weighted by Crippen LogP contribution is -2.28. The summed E-state index contributed by atoms with van der Waals surface area (Å²) in [6.07, 6.45) is -0.131. The first-order valence-electron chi connectivity index (χ1n) is 8.46. The third kappa shape index (κ3) is 3.19.